The minimum atomic E-state index is -4.35. The van der Waals surface area contributed by atoms with E-state index in [-0.39, 0.29) is 55.9 Å². The van der Waals surface area contributed by atoms with Crippen molar-refractivity contribution < 1.29 is 41.5 Å². The van der Waals surface area contributed by atoms with E-state index < -0.39 is 74.5 Å². The number of nitrogens with one attached hydrogen (secondary N) is 4. The summed E-state index contributed by atoms with van der Waals surface area (Å²) in [5, 5.41) is 10.1. The molecule has 6 rings (SSSR count). The number of aromatic nitrogens is 1. The summed E-state index contributed by atoms with van der Waals surface area (Å²) in [6, 6.07) is 4.73. The van der Waals surface area contributed by atoms with Gasteiger partial charge in [-0.15, -0.1) is 0 Å². The van der Waals surface area contributed by atoms with Crippen LogP contribution in [0.15, 0.2) is 30.5 Å². The Labute approximate surface area is 322 Å². The summed E-state index contributed by atoms with van der Waals surface area (Å²) in [6.07, 6.45) is 4.83. The molecule has 4 N–H and O–H groups in total. The fraction of sp³-hybridized carbons (Fsp3) is 0.667. The number of pyridine rings is 1. The van der Waals surface area contributed by atoms with Crippen LogP contribution in [0.2, 0.25) is 0 Å². The Morgan fingerprint density at radius 2 is 1.76 bits per heavy atom. The molecule has 0 radical (unpaired) electrons. The first-order chi connectivity index (χ1) is 25.9. The highest BCUT2D eigenvalue weighted by molar-refractivity contribution is 7.91. The Kier molecular flexibility index (Phi) is 11.3. The summed E-state index contributed by atoms with van der Waals surface area (Å²) >= 11 is 0. The van der Waals surface area contributed by atoms with Crippen molar-refractivity contribution in [2.75, 3.05) is 20.3 Å². The number of rotatable bonds is 8. The molecule has 1 aromatic carbocycles. The highest BCUT2D eigenvalue weighted by Crippen LogP contribution is 2.49. The topological polar surface area (TPSA) is 185 Å². The first kappa shape index (κ1) is 40.5. The molecule has 2 saturated carbocycles. The molecule has 2 aliphatic carbocycles. The summed E-state index contributed by atoms with van der Waals surface area (Å²) in [6.45, 7) is 8.37. The fourth-order valence-electron chi connectivity index (χ4n) is 8.25. The first-order valence-corrected chi connectivity index (χ1v) is 20.8. The van der Waals surface area contributed by atoms with Gasteiger partial charge < -0.3 is 30.3 Å². The summed E-state index contributed by atoms with van der Waals surface area (Å²) in [4.78, 5) is 62.4. The second kappa shape index (κ2) is 15.4. The van der Waals surface area contributed by atoms with Gasteiger partial charge in [0.05, 0.1) is 19.9 Å². The zero-order valence-electron chi connectivity index (χ0n) is 32.6. The number of sulfonamides is 1. The van der Waals surface area contributed by atoms with Crippen molar-refractivity contribution >= 4 is 44.5 Å². The van der Waals surface area contributed by atoms with Gasteiger partial charge in [0.1, 0.15) is 40.9 Å². The maximum atomic E-state index is 14.8. The smallest absolute Gasteiger partial charge is 0.315 e. The van der Waals surface area contributed by atoms with Gasteiger partial charge >= 0.3 is 6.03 Å². The number of amides is 5. The number of hydrogen-bond acceptors (Lipinski definition) is 9. The molecule has 2 saturated heterocycles. The lowest BCUT2D eigenvalue weighted by molar-refractivity contribution is -0.142. The zero-order valence-corrected chi connectivity index (χ0v) is 33.4. The van der Waals surface area contributed by atoms with E-state index in [0.29, 0.717) is 24.0 Å². The van der Waals surface area contributed by atoms with Gasteiger partial charge in [0.15, 0.2) is 0 Å². The Hall–Kier alpha value is -4.21. The molecule has 7 atom stereocenters. The van der Waals surface area contributed by atoms with Crippen molar-refractivity contribution in [1.29, 1.82) is 0 Å². The van der Waals surface area contributed by atoms with Gasteiger partial charge in [-0.25, -0.2) is 22.6 Å². The van der Waals surface area contributed by atoms with Gasteiger partial charge in [0, 0.05) is 22.7 Å². The fourth-order valence-corrected chi connectivity index (χ4v) is 9.68. The molecule has 2 aromatic rings. The number of carbonyl (C=O) groups excluding carboxylic acids is 4. The van der Waals surface area contributed by atoms with Crippen molar-refractivity contribution in [3.8, 4) is 11.6 Å². The quantitative estimate of drug-likeness (QED) is 0.306. The molecule has 3 heterocycles. The summed E-state index contributed by atoms with van der Waals surface area (Å²) in [7, 11) is -2.81. The molecule has 14 nitrogen and oxygen atoms in total. The highest BCUT2D eigenvalue weighted by Gasteiger charge is 2.64. The maximum Gasteiger partial charge on any atom is 0.315 e. The Balaban J connectivity index is 1.34. The van der Waals surface area contributed by atoms with Crippen molar-refractivity contribution in [1.82, 2.24) is 30.6 Å². The molecular weight excluding hydrogens is 732 g/mol. The molecule has 16 heteroatoms. The highest BCUT2D eigenvalue weighted by atomic mass is 32.2. The van der Waals surface area contributed by atoms with Crippen LogP contribution < -0.4 is 30.1 Å². The van der Waals surface area contributed by atoms with Crippen LogP contribution in [-0.2, 0) is 24.4 Å². The number of hydrogen-bond donors (Lipinski definition) is 4. The van der Waals surface area contributed by atoms with Crippen LogP contribution in [0.25, 0.3) is 10.8 Å². The second-order valence-corrected chi connectivity index (χ2v) is 19.3. The van der Waals surface area contributed by atoms with Crippen LogP contribution in [0.1, 0.15) is 92.4 Å². The summed E-state index contributed by atoms with van der Waals surface area (Å²) < 4.78 is 52.7. The Morgan fingerprint density at radius 1 is 1.07 bits per heavy atom. The van der Waals surface area contributed by atoms with Crippen molar-refractivity contribution in [3.05, 3.63) is 30.5 Å². The Morgan fingerprint density at radius 3 is 2.42 bits per heavy atom. The number of halogens is 1. The van der Waals surface area contributed by atoms with E-state index >= 15 is 0 Å². The van der Waals surface area contributed by atoms with Crippen LogP contribution in [0, 0.1) is 17.8 Å². The average molecular weight is 787 g/mol. The van der Waals surface area contributed by atoms with Crippen LogP contribution in [0.4, 0.5) is 9.18 Å². The van der Waals surface area contributed by atoms with E-state index in [2.05, 4.69) is 32.6 Å². The lowest BCUT2D eigenvalue weighted by Gasteiger charge is -2.33. The van der Waals surface area contributed by atoms with Crippen molar-refractivity contribution in [3.63, 3.8) is 0 Å². The number of nitrogens with zero attached hydrogens (tertiary/aromatic N) is 2. The number of benzene rings is 1. The van der Waals surface area contributed by atoms with E-state index in [1.165, 1.54) is 4.90 Å². The van der Waals surface area contributed by atoms with Crippen molar-refractivity contribution in [2.45, 2.75) is 126 Å². The molecule has 1 aromatic heterocycles. The predicted octanol–water partition coefficient (Wildman–Crippen LogP) is 4.12. The van der Waals surface area contributed by atoms with Crippen LogP contribution >= 0.6 is 0 Å². The van der Waals surface area contributed by atoms with Gasteiger partial charge in [-0.2, -0.15) is 0 Å². The normalized spacial score (nSPS) is 29.8. The van der Waals surface area contributed by atoms with Gasteiger partial charge in [-0.1, -0.05) is 51.3 Å². The molecule has 55 heavy (non-hydrogen) atoms. The molecule has 2 aliphatic heterocycles. The third-order valence-corrected chi connectivity index (χ3v) is 13.8. The summed E-state index contributed by atoms with van der Waals surface area (Å²) in [5.41, 5.74) is -2.14. The minimum absolute atomic E-state index is 0.0247. The van der Waals surface area contributed by atoms with Gasteiger partial charge in [0.2, 0.25) is 27.7 Å². The van der Waals surface area contributed by atoms with E-state index in [0.717, 1.165) is 24.6 Å². The van der Waals surface area contributed by atoms with E-state index in [4.69, 9.17) is 9.47 Å². The van der Waals surface area contributed by atoms with Gasteiger partial charge in [-0.05, 0) is 76.7 Å². The molecule has 0 bridgehead atoms. The summed E-state index contributed by atoms with van der Waals surface area (Å²) in [5.74, 6) is -1.67. The number of urea groups is 1. The Bertz CT molecular complexity index is 1920. The SMILES string of the molecule is COc1cnc(O[C@@H]2C[C@H]3C(=O)N[C@]4(C(=O)NS(=O)(=O)C5(CF)CC5)C[C@H]4CCCC[C@@H](C)C[C@@H](C)[C@H](NC(=O)NC(C)(C)C)C(=O)N3C2)c2ccccc12. The molecule has 4 fully saturated rings. The van der Waals surface area contributed by atoms with Crippen molar-refractivity contribution in [2.24, 2.45) is 17.8 Å². The molecule has 5 amide bonds. The number of fused-ring (bicyclic) bond motifs is 3. The third-order valence-electron chi connectivity index (χ3n) is 11.7. The number of carbonyl (C=O) groups is 4. The monoisotopic (exact) mass is 786 g/mol. The third kappa shape index (κ3) is 8.48. The lowest BCUT2D eigenvalue weighted by Crippen LogP contribution is -2.60. The molecule has 302 valence electrons. The van der Waals surface area contributed by atoms with E-state index in [1.54, 1.807) is 13.3 Å². The largest absolute Gasteiger partial charge is 0.494 e. The van der Waals surface area contributed by atoms with E-state index in [1.807, 2.05) is 52.0 Å². The first-order valence-electron chi connectivity index (χ1n) is 19.3. The average Bonchev–Trinajstić information content (AvgIpc) is 4.02. The zero-order chi connectivity index (χ0) is 39.9. The standard InChI is InChI=1S/C39H55FN6O8S/c1-23-11-7-8-12-25-19-39(25,35(49)45-55(51,52)38(22-40)15-16-38)43-32(47)29-18-26(54-33-28-14-10-9-13-27(28)30(53-6)20-41-33)21-46(29)34(48)31(24(2)17-23)42-36(50)44-37(3,4)5/h9-10,13-14,20,23-26,29,31H,7-8,11-12,15-19,21-22H2,1-6H3,(H,43,47)(H,45,49)(H2,42,44,50)/t23-,24-,25-,26-,29+,31+,39-/m1/s1. The molecule has 0 spiro atoms. The molecule has 0 unspecified atom stereocenters. The van der Waals surface area contributed by atoms with Crippen LogP contribution in [0.3, 0.4) is 0 Å². The van der Waals surface area contributed by atoms with Crippen LogP contribution in [-0.4, -0.2) is 96.4 Å². The van der Waals surface area contributed by atoms with Crippen LogP contribution in [0.5, 0.6) is 11.6 Å². The number of methoxy groups -OCH3 is 1. The maximum absolute atomic E-state index is 14.8. The number of alkyl halides is 1. The number of ether oxygens (including phenoxy) is 2. The second-order valence-electron chi connectivity index (χ2n) is 17.2. The minimum Gasteiger partial charge on any atom is -0.494 e. The molecular formula is C39H55FN6O8S. The molecule has 4 aliphatic rings. The van der Waals surface area contributed by atoms with E-state index in [9.17, 15) is 32.0 Å². The lowest BCUT2D eigenvalue weighted by atomic mass is 9.87. The predicted molar refractivity (Wildman–Crippen MR) is 203 cm³/mol. The van der Waals surface area contributed by atoms with Gasteiger partial charge in [0.25, 0.3) is 5.91 Å². The van der Waals surface area contributed by atoms with Gasteiger partial charge in [-0.3, -0.25) is 19.1 Å².